The minimum atomic E-state index is -0.195. The molecule has 0 atom stereocenters. The van der Waals surface area contributed by atoms with Crippen molar-refractivity contribution in [2.45, 2.75) is 83.0 Å². The number of thioether (sulfide) groups is 3. The highest BCUT2D eigenvalue weighted by atomic mass is 33.1. The van der Waals surface area contributed by atoms with Gasteiger partial charge in [-0.15, -0.1) is 35.3 Å². The van der Waals surface area contributed by atoms with Crippen LogP contribution in [0.25, 0.3) is 0 Å². The smallest absolute Gasteiger partial charge is 0.222 e. The lowest BCUT2D eigenvalue weighted by Gasteiger charge is -2.23. The van der Waals surface area contributed by atoms with Crippen molar-refractivity contribution in [3.63, 3.8) is 0 Å². The number of oxime groups is 2. The number of rotatable bonds is 12. The van der Waals surface area contributed by atoms with E-state index in [4.69, 9.17) is 47.6 Å². The lowest BCUT2D eigenvalue weighted by Crippen LogP contribution is -2.42. The number of benzene rings is 1. The van der Waals surface area contributed by atoms with E-state index < -0.39 is 0 Å². The number of amides is 4. The molecule has 25 heteroatoms. The van der Waals surface area contributed by atoms with Gasteiger partial charge in [-0.3, -0.25) is 19.2 Å². The third-order valence-corrected chi connectivity index (χ3v) is 18.3. The molecule has 2 heterocycles. The Balaban J connectivity index is 1.16. The molecular formula is C57H90N6O14S5. The third-order valence-electron chi connectivity index (χ3n) is 12.0. The van der Waals surface area contributed by atoms with Crippen LogP contribution in [0.15, 0.2) is 78.0 Å². The normalized spacial score (nSPS) is 22.6. The Morgan fingerprint density at radius 1 is 0.622 bits per heavy atom. The van der Waals surface area contributed by atoms with E-state index in [0.29, 0.717) is 137 Å². The molecule has 2 bridgehead atoms. The van der Waals surface area contributed by atoms with E-state index in [9.17, 15) is 19.2 Å². The second kappa shape index (κ2) is 48.9. The van der Waals surface area contributed by atoms with Crippen LogP contribution in [-0.2, 0) is 66.7 Å². The van der Waals surface area contributed by atoms with Gasteiger partial charge in [0.1, 0.15) is 13.2 Å². The molecule has 0 spiro atoms. The van der Waals surface area contributed by atoms with Crippen LogP contribution in [0.5, 0.6) is 0 Å². The lowest BCUT2D eigenvalue weighted by molar-refractivity contribution is -0.132. The molecule has 3 aliphatic rings. The molecular weight excluding hydrogens is 1150 g/mol. The van der Waals surface area contributed by atoms with Gasteiger partial charge in [0.05, 0.1) is 117 Å². The van der Waals surface area contributed by atoms with Gasteiger partial charge in [-0.1, -0.05) is 81.2 Å². The first-order valence-corrected chi connectivity index (χ1v) is 34.0. The van der Waals surface area contributed by atoms with Crippen molar-refractivity contribution in [3.8, 4) is 0 Å². The zero-order chi connectivity index (χ0) is 58.2. The highest BCUT2D eigenvalue weighted by molar-refractivity contribution is 8.76. The maximum absolute atomic E-state index is 13.4. The standard InChI is InChI=1S/C57H90N6O14S5/c1-3-48-44-79-56-47(2)12-9-10-15-51-57(56)80-46-49(45-78-51)62-77-42-40-75-38-36-73-34-32-71-30-28-69-26-18-53(65)60-22-24-63(55(67)16-8-5-11-20-58-54(66)19-43-81-82-50-13-6-4-7-14-50)23-21-59-52(64)17-25-68-27-29-70-31-33-72-35-37-74-39-41-76-61-48/h4,6-7,10,13-15H,3,5,8-9,11-12,16-46H2,1-2H3,(H,58,66)(H,59,64)(H,60,65)/b15-10-,56-47+,61-48-,62-49+. The quantitative estimate of drug-likeness (QED) is 0.135. The summed E-state index contributed by atoms with van der Waals surface area (Å²) in [6.45, 7) is 12.6. The van der Waals surface area contributed by atoms with Gasteiger partial charge in [-0.05, 0) is 51.2 Å². The molecule has 1 aliphatic carbocycles. The molecule has 462 valence electrons. The Bertz CT molecular complexity index is 2090. The van der Waals surface area contributed by atoms with Crippen molar-refractivity contribution in [2.75, 3.05) is 175 Å². The van der Waals surface area contributed by atoms with E-state index in [1.165, 1.54) is 20.3 Å². The number of unbranched alkanes of at least 4 members (excludes halogenated alkanes) is 2. The van der Waals surface area contributed by atoms with Gasteiger partial charge in [0.2, 0.25) is 23.6 Å². The zero-order valence-corrected chi connectivity index (χ0v) is 52.4. The molecule has 1 aromatic carbocycles. The highest BCUT2D eigenvalue weighted by Crippen LogP contribution is 2.44. The van der Waals surface area contributed by atoms with Crippen LogP contribution >= 0.6 is 56.9 Å². The average molecular weight is 1240 g/mol. The number of carbonyl (C=O) groups is 4. The second-order valence-corrected chi connectivity index (χ2v) is 24.0. The molecule has 20 nitrogen and oxygen atoms in total. The fourth-order valence-electron chi connectivity index (χ4n) is 7.47. The average Bonchev–Trinajstić information content (AvgIpc) is 3.69. The molecule has 4 amide bonds. The molecule has 3 N–H and O–H groups in total. The van der Waals surface area contributed by atoms with Crippen molar-refractivity contribution < 1.29 is 66.7 Å². The molecule has 0 radical (unpaired) electrons. The van der Waals surface area contributed by atoms with Gasteiger partial charge < -0.3 is 68.4 Å². The molecule has 0 unspecified atom stereocenters. The van der Waals surface area contributed by atoms with Crippen LogP contribution in [0.2, 0.25) is 0 Å². The SMILES string of the molecule is CC/C1=N/OCCOCCOCCOCCOCCC(=O)NCCN(C(=O)CCCCCNC(=O)CCSSc2ccccc2)CCNC(=O)CCOCCOCCOCCOCCO/N=C2\CSC3=C(SC2)C(=C(/C)CC/C=C\3)/SC1. The number of hydrogen-bond donors (Lipinski definition) is 3. The predicted molar refractivity (Wildman–Crippen MR) is 332 cm³/mol. The number of ether oxygens (including phenoxy) is 8. The number of allylic oxidation sites excluding steroid dienone is 3. The first kappa shape index (κ1) is 71.2. The van der Waals surface area contributed by atoms with Crippen molar-refractivity contribution in [2.24, 2.45) is 10.3 Å². The van der Waals surface area contributed by atoms with Gasteiger partial charge in [0.25, 0.3) is 0 Å². The number of nitrogens with zero attached hydrogens (tertiary/aromatic N) is 3. The Kier molecular flexibility index (Phi) is 42.4. The topological polar surface area (TPSA) is 225 Å². The first-order chi connectivity index (χ1) is 40.3. The summed E-state index contributed by atoms with van der Waals surface area (Å²) in [5, 5.41) is 17.7. The van der Waals surface area contributed by atoms with Crippen molar-refractivity contribution >= 4 is 91.9 Å². The molecule has 0 saturated carbocycles. The first-order valence-electron chi connectivity index (χ1n) is 28.7. The van der Waals surface area contributed by atoms with Crippen LogP contribution in [0.4, 0.5) is 0 Å². The summed E-state index contributed by atoms with van der Waals surface area (Å²) in [5.74, 6) is 2.49. The van der Waals surface area contributed by atoms with Crippen molar-refractivity contribution in [1.29, 1.82) is 0 Å². The monoisotopic (exact) mass is 1240 g/mol. The number of nitrogens with one attached hydrogen (secondary N) is 3. The van der Waals surface area contributed by atoms with Gasteiger partial charge in [0, 0.05) is 101 Å². The summed E-state index contributed by atoms with van der Waals surface area (Å²) >= 11 is 5.43. The fourth-order valence-corrected chi connectivity index (χ4v) is 13.4. The van der Waals surface area contributed by atoms with E-state index in [1.54, 1.807) is 38.2 Å². The minimum Gasteiger partial charge on any atom is -0.393 e. The van der Waals surface area contributed by atoms with Gasteiger partial charge >= 0.3 is 0 Å². The molecule has 0 aromatic heterocycles. The summed E-state index contributed by atoms with van der Waals surface area (Å²) in [4.78, 5) is 69.0. The summed E-state index contributed by atoms with van der Waals surface area (Å²) in [6.07, 6.45) is 10.5. The van der Waals surface area contributed by atoms with E-state index in [-0.39, 0.29) is 75.9 Å². The van der Waals surface area contributed by atoms with Crippen LogP contribution in [0.3, 0.4) is 0 Å². The minimum absolute atomic E-state index is 0.0164. The van der Waals surface area contributed by atoms with Crippen LogP contribution in [0, 0.1) is 0 Å². The maximum atomic E-state index is 13.4. The van der Waals surface area contributed by atoms with E-state index >= 15 is 0 Å². The molecule has 1 aromatic rings. The molecule has 4 rings (SSSR count). The van der Waals surface area contributed by atoms with E-state index in [2.05, 4.69) is 52.3 Å². The highest BCUT2D eigenvalue weighted by Gasteiger charge is 2.22. The van der Waals surface area contributed by atoms with Crippen molar-refractivity contribution in [1.82, 2.24) is 20.9 Å². The van der Waals surface area contributed by atoms with Gasteiger partial charge in [-0.2, -0.15) is 0 Å². The fraction of sp³-hybridized carbons (Fsp3) is 0.684. The Morgan fingerprint density at radius 3 is 1.74 bits per heavy atom. The van der Waals surface area contributed by atoms with E-state index in [0.717, 1.165) is 65.7 Å². The Hall–Kier alpha value is -3.31. The summed E-state index contributed by atoms with van der Waals surface area (Å²) in [5.41, 5.74) is 3.34. The number of fused-ring (bicyclic) bond motifs is 2. The second-order valence-electron chi connectivity index (χ2n) is 18.6. The van der Waals surface area contributed by atoms with Crippen LogP contribution < -0.4 is 16.0 Å². The zero-order valence-electron chi connectivity index (χ0n) is 48.3. The molecule has 0 fully saturated rings. The summed E-state index contributed by atoms with van der Waals surface area (Å²) in [7, 11) is 3.31. The van der Waals surface area contributed by atoms with Crippen LogP contribution in [0.1, 0.15) is 78.1 Å². The maximum Gasteiger partial charge on any atom is 0.222 e. The third kappa shape index (κ3) is 35.9. The number of carbonyl (C=O) groups excluding carboxylic acids is 4. The largest absolute Gasteiger partial charge is 0.393 e. The predicted octanol–water partition coefficient (Wildman–Crippen LogP) is 7.69. The van der Waals surface area contributed by atoms with Crippen LogP contribution in [-0.4, -0.2) is 215 Å². The van der Waals surface area contributed by atoms with Gasteiger partial charge in [-0.25, -0.2) is 0 Å². The van der Waals surface area contributed by atoms with E-state index in [1.807, 2.05) is 53.9 Å². The Morgan fingerprint density at radius 2 is 1.16 bits per heavy atom. The molecule has 0 saturated heterocycles. The molecule has 2 aliphatic heterocycles. The number of hydrogen-bond acceptors (Lipinski definition) is 21. The Labute approximate surface area is 507 Å². The van der Waals surface area contributed by atoms with Crippen molar-refractivity contribution in [3.05, 3.63) is 62.8 Å². The summed E-state index contributed by atoms with van der Waals surface area (Å²) < 4.78 is 45.1. The van der Waals surface area contributed by atoms with Gasteiger partial charge in [0.15, 0.2) is 0 Å². The molecule has 82 heavy (non-hydrogen) atoms. The lowest BCUT2D eigenvalue weighted by atomic mass is 10.1. The summed E-state index contributed by atoms with van der Waals surface area (Å²) in [6, 6.07) is 10.1.